The van der Waals surface area contributed by atoms with Gasteiger partial charge in [0.1, 0.15) is 0 Å². The highest BCUT2D eigenvalue weighted by Crippen LogP contribution is 2.39. The monoisotopic (exact) mass is 298 g/mol. The zero-order valence-electron chi connectivity index (χ0n) is 12.6. The van der Waals surface area contributed by atoms with Crippen LogP contribution in [0.5, 0.6) is 0 Å². The van der Waals surface area contributed by atoms with Crippen LogP contribution in [0.2, 0.25) is 0 Å². The van der Waals surface area contributed by atoms with Gasteiger partial charge in [-0.15, -0.1) is 0 Å². The van der Waals surface area contributed by atoms with Gasteiger partial charge in [0.25, 0.3) is 5.91 Å². The summed E-state index contributed by atoms with van der Waals surface area (Å²) in [6.45, 7) is 0. The molecule has 22 heavy (non-hydrogen) atoms. The van der Waals surface area contributed by atoms with Crippen LogP contribution in [0.25, 0.3) is 10.9 Å². The van der Waals surface area contributed by atoms with E-state index < -0.39 is 0 Å². The van der Waals surface area contributed by atoms with Gasteiger partial charge in [-0.25, -0.2) is 0 Å². The summed E-state index contributed by atoms with van der Waals surface area (Å²) in [4.78, 5) is 12.7. The number of nitrogens with zero attached hydrogens (tertiary/aromatic N) is 1. The third-order valence-electron chi connectivity index (χ3n) is 5.40. The van der Waals surface area contributed by atoms with Gasteiger partial charge >= 0.3 is 0 Å². The second kappa shape index (κ2) is 5.39. The van der Waals surface area contributed by atoms with Gasteiger partial charge < -0.3 is 11.1 Å². The Morgan fingerprint density at radius 2 is 2.05 bits per heavy atom. The summed E-state index contributed by atoms with van der Waals surface area (Å²) < 4.78 is 0. The summed E-state index contributed by atoms with van der Waals surface area (Å²) in [6.07, 6.45) is 7.46. The van der Waals surface area contributed by atoms with Crippen LogP contribution < -0.4 is 11.1 Å². The molecule has 1 amide bonds. The number of carbonyl (C=O) groups excluding carboxylic acids is 1. The number of hydrogen-bond acceptors (Lipinski definition) is 3. The lowest BCUT2D eigenvalue weighted by molar-refractivity contribution is 0.0757. The first kappa shape index (κ1) is 13.8. The first-order chi connectivity index (χ1) is 10.7. The van der Waals surface area contributed by atoms with Gasteiger partial charge in [-0.1, -0.05) is 18.6 Å². The van der Waals surface area contributed by atoms with Crippen LogP contribution in [0.3, 0.4) is 0 Å². The van der Waals surface area contributed by atoms with E-state index in [9.17, 15) is 4.79 Å². The van der Waals surface area contributed by atoms with Crippen LogP contribution in [0.15, 0.2) is 24.4 Å². The number of para-hydroxylation sites is 1. The molecule has 4 rings (SSSR count). The first-order valence-corrected chi connectivity index (χ1v) is 8.21. The van der Waals surface area contributed by atoms with Crippen molar-refractivity contribution in [3.63, 3.8) is 0 Å². The molecule has 1 aromatic carbocycles. The van der Waals surface area contributed by atoms with Crippen molar-refractivity contribution in [3.05, 3.63) is 30.0 Å². The molecule has 2 aliphatic rings. The number of aromatic nitrogens is 2. The van der Waals surface area contributed by atoms with E-state index in [4.69, 9.17) is 5.73 Å². The number of nitrogens with one attached hydrogen (secondary N) is 2. The van der Waals surface area contributed by atoms with Crippen molar-refractivity contribution in [3.8, 4) is 0 Å². The molecule has 2 aromatic rings. The molecule has 5 heteroatoms. The molecule has 4 N–H and O–H groups in total. The van der Waals surface area contributed by atoms with Gasteiger partial charge in [0, 0.05) is 17.5 Å². The number of carbonyl (C=O) groups is 1. The predicted octanol–water partition coefficient (Wildman–Crippen LogP) is 2.20. The first-order valence-electron chi connectivity index (χ1n) is 8.21. The number of aromatic amines is 1. The van der Waals surface area contributed by atoms with E-state index in [0.29, 0.717) is 23.4 Å². The van der Waals surface area contributed by atoms with E-state index in [2.05, 4.69) is 15.5 Å². The fourth-order valence-corrected chi connectivity index (χ4v) is 4.41. The largest absolute Gasteiger partial charge is 0.349 e. The van der Waals surface area contributed by atoms with Crippen LogP contribution in [0.1, 0.15) is 42.5 Å². The Hall–Kier alpha value is -1.88. The minimum absolute atomic E-state index is 0.00669. The lowest BCUT2D eigenvalue weighted by Gasteiger charge is -2.45. The Morgan fingerprint density at radius 1 is 1.27 bits per heavy atom. The van der Waals surface area contributed by atoms with Crippen molar-refractivity contribution in [2.45, 2.75) is 44.2 Å². The van der Waals surface area contributed by atoms with E-state index in [0.717, 1.165) is 23.7 Å². The molecule has 1 heterocycles. The van der Waals surface area contributed by atoms with Gasteiger partial charge in [0.15, 0.2) is 0 Å². The fourth-order valence-electron chi connectivity index (χ4n) is 4.41. The Labute approximate surface area is 129 Å². The number of benzene rings is 1. The molecular formula is C17H22N4O. The third kappa shape index (κ3) is 2.29. The molecular weight excluding hydrogens is 276 g/mol. The zero-order valence-corrected chi connectivity index (χ0v) is 12.6. The molecule has 2 aliphatic carbocycles. The molecule has 1 aromatic heterocycles. The van der Waals surface area contributed by atoms with Crippen LogP contribution >= 0.6 is 0 Å². The topological polar surface area (TPSA) is 83.8 Å². The summed E-state index contributed by atoms with van der Waals surface area (Å²) >= 11 is 0. The standard InChI is InChI=1S/C17H22N4O/c18-13-7-10-3-1-4-11(8-13)15(10)20-17(22)14-6-2-5-12-9-19-21-16(12)14/h2,5-6,9-11,13,15H,1,3-4,7-8,18H2,(H,19,21)(H,20,22). The Kier molecular flexibility index (Phi) is 3.37. The molecule has 5 nitrogen and oxygen atoms in total. The molecule has 2 unspecified atom stereocenters. The second-order valence-corrected chi connectivity index (χ2v) is 6.82. The summed E-state index contributed by atoms with van der Waals surface area (Å²) in [5, 5.41) is 11.2. The van der Waals surface area contributed by atoms with Gasteiger partial charge in [0.2, 0.25) is 0 Å². The fraction of sp³-hybridized carbons (Fsp3) is 0.529. The van der Waals surface area contributed by atoms with E-state index in [-0.39, 0.29) is 11.9 Å². The quantitative estimate of drug-likeness (QED) is 0.794. The number of H-pyrrole nitrogens is 1. The lowest BCUT2D eigenvalue weighted by atomic mass is 9.67. The molecule has 0 spiro atoms. The van der Waals surface area contributed by atoms with Crippen molar-refractivity contribution in [2.24, 2.45) is 17.6 Å². The number of rotatable bonds is 2. The van der Waals surface area contributed by atoms with Crippen molar-refractivity contribution < 1.29 is 4.79 Å². The molecule has 2 fully saturated rings. The number of hydrogen-bond donors (Lipinski definition) is 3. The summed E-state index contributed by atoms with van der Waals surface area (Å²) in [5.74, 6) is 1.08. The molecule has 0 saturated heterocycles. The number of amides is 1. The Balaban J connectivity index is 1.58. The second-order valence-electron chi connectivity index (χ2n) is 6.82. The van der Waals surface area contributed by atoms with Gasteiger partial charge in [-0.2, -0.15) is 5.10 Å². The van der Waals surface area contributed by atoms with E-state index >= 15 is 0 Å². The Bertz CT molecular complexity index is 681. The lowest BCUT2D eigenvalue weighted by Crippen LogP contribution is -2.53. The van der Waals surface area contributed by atoms with Crippen molar-refractivity contribution in [1.82, 2.24) is 15.5 Å². The molecule has 116 valence electrons. The van der Waals surface area contributed by atoms with Crippen molar-refractivity contribution in [1.29, 1.82) is 0 Å². The smallest absolute Gasteiger partial charge is 0.253 e. The summed E-state index contributed by atoms with van der Waals surface area (Å²) in [6, 6.07) is 6.31. The van der Waals surface area contributed by atoms with Gasteiger partial charge in [0.05, 0.1) is 17.3 Å². The summed E-state index contributed by atoms with van der Waals surface area (Å²) in [5.41, 5.74) is 7.66. The van der Waals surface area contributed by atoms with Crippen LogP contribution in [0.4, 0.5) is 0 Å². The molecule has 0 radical (unpaired) electrons. The normalized spacial score (nSPS) is 31.1. The van der Waals surface area contributed by atoms with Crippen molar-refractivity contribution in [2.75, 3.05) is 0 Å². The third-order valence-corrected chi connectivity index (χ3v) is 5.40. The predicted molar refractivity (Wildman–Crippen MR) is 85.4 cm³/mol. The minimum Gasteiger partial charge on any atom is -0.349 e. The number of fused-ring (bicyclic) bond motifs is 3. The van der Waals surface area contributed by atoms with E-state index in [1.54, 1.807) is 6.20 Å². The van der Waals surface area contributed by atoms with E-state index in [1.165, 1.54) is 19.3 Å². The van der Waals surface area contributed by atoms with Crippen LogP contribution in [-0.4, -0.2) is 28.2 Å². The molecule has 0 aliphatic heterocycles. The Morgan fingerprint density at radius 3 is 2.82 bits per heavy atom. The number of nitrogens with two attached hydrogens (primary N) is 1. The average molecular weight is 298 g/mol. The van der Waals surface area contributed by atoms with Crippen molar-refractivity contribution >= 4 is 16.8 Å². The summed E-state index contributed by atoms with van der Waals surface area (Å²) in [7, 11) is 0. The molecule has 2 atom stereocenters. The SMILES string of the molecule is NC1CC2CCCC(C1)C2NC(=O)c1cccc2cn[nH]c12. The van der Waals surface area contributed by atoms with Crippen LogP contribution in [0, 0.1) is 11.8 Å². The highest BCUT2D eigenvalue weighted by molar-refractivity contribution is 6.05. The van der Waals surface area contributed by atoms with Gasteiger partial charge in [-0.05, 0) is 43.6 Å². The molecule has 2 bridgehead atoms. The van der Waals surface area contributed by atoms with Crippen LogP contribution in [-0.2, 0) is 0 Å². The molecule has 2 saturated carbocycles. The zero-order chi connectivity index (χ0) is 15.1. The highest BCUT2D eigenvalue weighted by atomic mass is 16.1. The minimum atomic E-state index is 0.00669. The highest BCUT2D eigenvalue weighted by Gasteiger charge is 2.40. The van der Waals surface area contributed by atoms with E-state index in [1.807, 2.05) is 18.2 Å². The maximum atomic E-state index is 12.7. The van der Waals surface area contributed by atoms with Gasteiger partial charge in [-0.3, -0.25) is 9.89 Å². The maximum absolute atomic E-state index is 12.7. The average Bonchev–Trinajstić information content (AvgIpc) is 2.96. The maximum Gasteiger partial charge on any atom is 0.253 e.